The Bertz CT molecular complexity index is 252. The van der Waals surface area contributed by atoms with Crippen molar-refractivity contribution in [2.24, 2.45) is 0 Å². The Labute approximate surface area is 98.0 Å². The van der Waals surface area contributed by atoms with Gasteiger partial charge in [-0.15, -0.1) is 0 Å². The lowest BCUT2D eigenvalue weighted by Gasteiger charge is -2.13. The number of ether oxygens (including phenoxy) is 2. The standard InChI is InChI=1S/C10H16O5S/c1-4-9(11)14-5-6-15-10(12)7-16(13)8(2)3/h4,8H,1,5-7H2,2-3H3. The number of esters is 2. The van der Waals surface area contributed by atoms with Crippen LogP contribution in [0, 0.1) is 0 Å². The van der Waals surface area contributed by atoms with Crippen LogP contribution in [0.3, 0.4) is 0 Å². The second-order valence-corrected chi connectivity index (χ2v) is 5.16. The molecular formula is C10H16O5S. The summed E-state index contributed by atoms with van der Waals surface area (Å²) in [6.07, 6.45) is 1.02. The second-order valence-electron chi connectivity index (χ2n) is 3.17. The van der Waals surface area contributed by atoms with Crippen LogP contribution in [-0.4, -0.2) is 40.7 Å². The topological polar surface area (TPSA) is 75.7 Å². The molecule has 0 aromatic rings. The van der Waals surface area contributed by atoms with E-state index in [4.69, 9.17) is 4.74 Å². The van der Waals surface area contributed by atoms with Gasteiger partial charge in [0, 0.05) is 6.08 Å². The van der Waals surface area contributed by atoms with E-state index < -0.39 is 23.1 Å². The smallest absolute Gasteiger partial charge is 0.356 e. The molecule has 0 aliphatic carbocycles. The van der Waals surface area contributed by atoms with Gasteiger partial charge in [-0.05, 0) is 25.0 Å². The molecule has 16 heavy (non-hydrogen) atoms. The van der Waals surface area contributed by atoms with E-state index in [1.807, 2.05) is 0 Å². The zero-order valence-corrected chi connectivity index (χ0v) is 10.2. The summed E-state index contributed by atoms with van der Waals surface area (Å²) in [7, 11) is 0. The van der Waals surface area contributed by atoms with E-state index in [9.17, 15) is 14.1 Å². The molecule has 0 aliphatic rings. The molecule has 0 aliphatic heterocycles. The van der Waals surface area contributed by atoms with Gasteiger partial charge < -0.3 is 14.0 Å². The van der Waals surface area contributed by atoms with Crippen LogP contribution < -0.4 is 0 Å². The van der Waals surface area contributed by atoms with Gasteiger partial charge in [0.15, 0.2) is 0 Å². The molecule has 1 unspecified atom stereocenters. The van der Waals surface area contributed by atoms with E-state index in [1.165, 1.54) is 0 Å². The largest absolute Gasteiger partial charge is 0.616 e. The van der Waals surface area contributed by atoms with Crippen LogP contribution in [0.5, 0.6) is 0 Å². The molecular weight excluding hydrogens is 232 g/mol. The molecule has 0 spiro atoms. The predicted octanol–water partition coefficient (Wildman–Crippen LogP) is 0.416. The van der Waals surface area contributed by atoms with Crippen LogP contribution in [0.15, 0.2) is 12.7 Å². The molecule has 1 atom stereocenters. The summed E-state index contributed by atoms with van der Waals surface area (Å²) >= 11 is -1.22. The number of carbonyl (C=O) groups is 2. The second kappa shape index (κ2) is 8.18. The molecule has 0 N–H and O–H groups in total. The minimum atomic E-state index is -1.22. The van der Waals surface area contributed by atoms with Crippen molar-refractivity contribution in [1.29, 1.82) is 0 Å². The molecule has 0 bridgehead atoms. The van der Waals surface area contributed by atoms with Crippen molar-refractivity contribution in [2.75, 3.05) is 19.0 Å². The molecule has 0 heterocycles. The molecule has 0 aromatic carbocycles. The van der Waals surface area contributed by atoms with E-state index in [1.54, 1.807) is 13.8 Å². The van der Waals surface area contributed by atoms with E-state index >= 15 is 0 Å². The van der Waals surface area contributed by atoms with Gasteiger partial charge in [0.1, 0.15) is 18.5 Å². The van der Waals surface area contributed by atoms with Gasteiger partial charge >= 0.3 is 11.9 Å². The molecule has 0 radical (unpaired) electrons. The molecule has 92 valence electrons. The summed E-state index contributed by atoms with van der Waals surface area (Å²) in [5.74, 6) is -1.25. The summed E-state index contributed by atoms with van der Waals surface area (Å²) in [5, 5.41) is -0.0776. The summed E-state index contributed by atoms with van der Waals surface area (Å²) in [4.78, 5) is 21.7. The minimum Gasteiger partial charge on any atom is -0.616 e. The quantitative estimate of drug-likeness (QED) is 0.282. The fourth-order valence-electron chi connectivity index (χ4n) is 0.681. The molecule has 0 aromatic heterocycles. The average molecular weight is 248 g/mol. The molecule has 5 nitrogen and oxygen atoms in total. The highest BCUT2D eigenvalue weighted by Gasteiger charge is 2.17. The third-order valence-corrected chi connectivity index (χ3v) is 3.12. The first-order chi connectivity index (χ1) is 7.47. The lowest BCUT2D eigenvalue weighted by molar-refractivity contribution is -0.147. The maximum absolute atomic E-state index is 11.3. The molecule has 0 rings (SSSR count). The van der Waals surface area contributed by atoms with Gasteiger partial charge in [-0.2, -0.15) is 0 Å². The average Bonchev–Trinajstić information content (AvgIpc) is 2.23. The summed E-state index contributed by atoms with van der Waals surface area (Å²) in [5.41, 5.74) is 0. The Balaban J connectivity index is 3.58. The van der Waals surface area contributed by atoms with E-state index in [2.05, 4.69) is 11.3 Å². The Morgan fingerprint density at radius 2 is 1.94 bits per heavy atom. The summed E-state index contributed by atoms with van der Waals surface area (Å²) < 4.78 is 20.6. The first-order valence-corrected chi connectivity index (χ1v) is 6.17. The monoisotopic (exact) mass is 248 g/mol. The minimum absolute atomic E-state index is 0.0229. The molecule has 6 heteroatoms. The van der Waals surface area contributed by atoms with Gasteiger partial charge in [0.2, 0.25) is 5.75 Å². The van der Waals surface area contributed by atoms with Crippen molar-refractivity contribution in [3.8, 4) is 0 Å². The normalized spacial score (nSPS) is 12.0. The molecule has 0 fully saturated rings. The number of hydrogen-bond donors (Lipinski definition) is 0. The lowest BCUT2D eigenvalue weighted by Crippen LogP contribution is -2.26. The van der Waals surface area contributed by atoms with Gasteiger partial charge in [-0.1, -0.05) is 6.58 Å². The summed E-state index contributed by atoms with van der Waals surface area (Å²) in [6.45, 7) is 6.67. The first-order valence-electron chi connectivity index (χ1n) is 4.79. The highest BCUT2D eigenvalue weighted by molar-refractivity contribution is 7.92. The number of carbonyl (C=O) groups excluding carboxylic acids is 2. The van der Waals surface area contributed by atoms with Gasteiger partial charge in [0.05, 0.1) is 0 Å². The van der Waals surface area contributed by atoms with Crippen LogP contribution in [0.1, 0.15) is 13.8 Å². The summed E-state index contributed by atoms with van der Waals surface area (Å²) in [6, 6.07) is 0. The zero-order valence-electron chi connectivity index (χ0n) is 9.43. The highest BCUT2D eigenvalue weighted by atomic mass is 32.2. The number of hydrogen-bond acceptors (Lipinski definition) is 5. The SMILES string of the molecule is C=CC(=O)OCCOC(=O)C[S+]([O-])C(C)C. The molecule has 0 saturated carbocycles. The fourth-order valence-corrected chi connectivity index (χ4v) is 1.33. The predicted molar refractivity (Wildman–Crippen MR) is 60.3 cm³/mol. The van der Waals surface area contributed by atoms with Crippen molar-refractivity contribution in [1.82, 2.24) is 0 Å². The number of rotatable bonds is 7. The Morgan fingerprint density at radius 1 is 1.38 bits per heavy atom. The molecule has 0 saturated heterocycles. The first kappa shape index (κ1) is 15.0. The van der Waals surface area contributed by atoms with Crippen LogP contribution in [0.25, 0.3) is 0 Å². The van der Waals surface area contributed by atoms with E-state index in [0.29, 0.717) is 0 Å². The Kier molecular flexibility index (Phi) is 7.66. The van der Waals surface area contributed by atoms with Crippen LogP contribution in [0.4, 0.5) is 0 Å². The fraction of sp³-hybridized carbons (Fsp3) is 0.600. The third kappa shape index (κ3) is 7.30. The zero-order chi connectivity index (χ0) is 12.6. The van der Waals surface area contributed by atoms with Crippen molar-refractivity contribution >= 4 is 23.1 Å². The van der Waals surface area contributed by atoms with Crippen molar-refractivity contribution in [3.63, 3.8) is 0 Å². The Morgan fingerprint density at radius 3 is 2.44 bits per heavy atom. The van der Waals surface area contributed by atoms with Gasteiger partial charge in [-0.3, -0.25) is 0 Å². The van der Waals surface area contributed by atoms with Crippen molar-refractivity contribution < 1.29 is 23.6 Å². The third-order valence-electron chi connectivity index (χ3n) is 1.54. The van der Waals surface area contributed by atoms with E-state index in [0.717, 1.165) is 6.08 Å². The van der Waals surface area contributed by atoms with Crippen LogP contribution in [-0.2, 0) is 30.2 Å². The Hall–Kier alpha value is -1.01. The maximum atomic E-state index is 11.3. The van der Waals surface area contributed by atoms with Gasteiger partial charge in [0.25, 0.3) is 0 Å². The van der Waals surface area contributed by atoms with Gasteiger partial charge in [-0.25, -0.2) is 9.59 Å². The lowest BCUT2D eigenvalue weighted by atomic mass is 10.6. The van der Waals surface area contributed by atoms with Crippen LogP contribution in [0.2, 0.25) is 0 Å². The van der Waals surface area contributed by atoms with Crippen LogP contribution >= 0.6 is 0 Å². The maximum Gasteiger partial charge on any atom is 0.356 e. The molecule has 0 amide bonds. The highest BCUT2D eigenvalue weighted by Crippen LogP contribution is 2.01. The van der Waals surface area contributed by atoms with E-state index in [-0.39, 0.29) is 24.2 Å². The van der Waals surface area contributed by atoms with Crippen molar-refractivity contribution in [2.45, 2.75) is 19.1 Å². The van der Waals surface area contributed by atoms with Crippen molar-refractivity contribution in [3.05, 3.63) is 12.7 Å².